The minimum absolute atomic E-state index is 0.0220. The molecule has 1 amide bonds. The van der Waals surface area contributed by atoms with Gasteiger partial charge in [-0.3, -0.25) is 4.79 Å². The van der Waals surface area contributed by atoms with E-state index >= 15 is 0 Å². The van der Waals surface area contributed by atoms with Crippen molar-refractivity contribution in [2.24, 2.45) is 17.8 Å². The highest BCUT2D eigenvalue weighted by atomic mass is 16.5. The average Bonchev–Trinajstić information content (AvgIpc) is 3.39. The van der Waals surface area contributed by atoms with Crippen molar-refractivity contribution >= 4 is 11.6 Å². The van der Waals surface area contributed by atoms with Gasteiger partial charge in [0, 0.05) is 31.5 Å². The Bertz CT molecular complexity index is 882. The molecule has 3 aliphatic rings. The largest absolute Gasteiger partial charge is 0.385 e. The molecule has 0 aromatic heterocycles. The molecule has 2 bridgehead atoms. The molecule has 0 radical (unpaired) electrons. The molecule has 4 heteroatoms. The number of methoxy groups -OCH3 is 1. The first kappa shape index (κ1) is 18.7. The molecule has 152 valence electrons. The maximum Gasteiger partial charge on any atom is 0.251 e. The van der Waals surface area contributed by atoms with Gasteiger partial charge in [0.05, 0.1) is 6.04 Å². The zero-order valence-corrected chi connectivity index (χ0v) is 17.1. The third-order valence-electron chi connectivity index (χ3n) is 7.32. The molecular weight excluding hydrogens is 360 g/mol. The van der Waals surface area contributed by atoms with Crippen LogP contribution in [0.25, 0.3) is 0 Å². The molecule has 2 N–H and O–H groups in total. The molecule has 29 heavy (non-hydrogen) atoms. The number of amides is 1. The van der Waals surface area contributed by atoms with E-state index in [-0.39, 0.29) is 5.91 Å². The molecule has 2 aromatic carbocycles. The summed E-state index contributed by atoms with van der Waals surface area (Å²) in [6, 6.07) is 17.5. The van der Waals surface area contributed by atoms with Gasteiger partial charge in [0.25, 0.3) is 5.91 Å². The molecule has 1 heterocycles. The van der Waals surface area contributed by atoms with Crippen molar-refractivity contribution in [2.75, 3.05) is 25.6 Å². The first-order valence-electron chi connectivity index (χ1n) is 11.0. The Hall–Kier alpha value is -2.33. The van der Waals surface area contributed by atoms with Gasteiger partial charge in [-0.2, -0.15) is 0 Å². The van der Waals surface area contributed by atoms with E-state index in [1.54, 1.807) is 7.11 Å². The van der Waals surface area contributed by atoms with Crippen LogP contribution in [0.4, 0.5) is 5.69 Å². The lowest BCUT2D eigenvalue weighted by atomic mass is 9.68. The summed E-state index contributed by atoms with van der Waals surface area (Å²) in [5.74, 6) is 2.77. The van der Waals surface area contributed by atoms with E-state index < -0.39 is 0 Å². The number of carbonyl (C=O) groups is 1. The highest BCUT2D eigenvalue weighted by molar-refractivity contribution is 5.95. The van der Waals surface area contributed by atoms with Crippen LogP contribution in [0.3, 0.4) is 0 Å². The standard InChI is InChI=1S/C25H30N2O2/c1-29-13-5-12-26-25(28)19-10-11-21-20(15-19)22-17-8-9-18(14-17)23(22)24(27-21)16-6-3-2-4-7-16/h2-4,6-7,10-11,15,17-18,22-24,27H,5,8-9,12-14H2,1H3,(H,26,28)/t17-,18-,22-,23+,24+/m0/s1. The van der Waals surface area contributed by atoms with E-state index in [0.29, 0.717) is 31.0 Å². The molecular formula is C25H30N2O2. The van der Waals surface area contributed by atoms with E-state index in [2.05, 4.69) is 53.1 Å². The summed E-state index contributed by atoms with van der Waals surface area (Å²) < 4.78 is 5.07. The van der Waals surface area contributed by atoms with Gasteiger partial charge in [-0.15, -0.1) is 0 Å². The van der Waals surface area contributed by atoms with Gasteiger partial charge in [-0.25, -0.2) is 0 Å². The summed E-state index contributed by atoms with van der Waals surface area (Å²) in [6.45, 7) is 1.32. The van der Waals surface area contributed by atoms with E-state index in [1.807, 2.05) is 6.07 Å². The van der Waals surface area contributed by atoms with Crippen molar-refractivity contribution in [2.45, 2.75) is 37.6 Å². The SMILES string of the molecule is COCCCNC(=O)c1ccc2c(c1)[C@@H]1[C@H]3CC[C@@H](C3)[C@H]1[C@@H](c1ccccc1)N2. The van der Waals surface area contributed by atoms with Gasteiger partial charge in [-0.05, 0) is 78.7 Å². The fourth-order valence-corrected chi connectivity index (χ4v) is 6.14. The molecule has 0 spiro atoms. The summed E-state index contributed by atoms with van der Waals surface area (Å²) in [6.07, 6.45) is 4.86. The summed E-state index contributed by atoms with van der Waals surface area (Å²) in [7, 11) is 1.69. The predicted octanol–water partition coefficient (Wildman–Crippen LogP) is 4.75. The summed E-state index contributed by atoms with van der Waals surface area (Å²) in [5, 5.41) is 6.88. The van der Waals surface area contributed by atoms with Crippen molar-refractivity contribution in [1.29, 1.82) is 0 Å². The van der Waals surface area contributed by atoms with Crippen molar-refractivity contribution < 1.29 is 9.53 Å². The van der Waals surface area contributed by atoms with Gasteiger partial charge < -0.3 is 15.4 Å². The Kier molecular flexibility index (Phi) is 5.04. The van der Waals surface area contributed by atoms with E-state index in [1.165, 1.54) is 36.1 Å². The van der Waals surface area contributed by atoms with Gasteiger partial charge in [0.2, 0.25) is 0 Å². The van der Waals surface area contributed by atoms with Crippen molar-refractivity contribution in [3.63, 3.8) is 0 Å². The number of nitrogens with one attached hydrogen (secondary N) is 2. The second-order valence-electron chi connectivity index (χ2n) is 8.87. The summed E-state index contributed by atoms with van der Waals surface area (Å²) in [4.78, 5) is 12.7. The third kappa shape index (κ3) is 3.33. The van der Waals surface area contributed by atoms with E-state index in [0.717, 1.165) is 23.8 Å². The second kappa shape index (κ2) is 7.83. The maximum atomic E-state index is 12.7. The Labute approximate surface area is 173 Å². The number of fused-ring (bicyclic) bond motifs is 7. The van der Waals surface area contributed by atoms with E-state index in [9.17, 15) is 4.79 Å². The monoisotopic (exact) mass is 390 g/mol. The minimum atomic E-state index is 0.0220. The number of benzene rings is 2. The van der Waals surface area contributed by atoms with E-state index in [4.69, 9.17) is 4.74 Å². The number of ether oxygens (including phenoxy) is 1. The van der Waals surface area contributed by atoms with Gasteiger partial charge in [0.15, 0.2) is 0 Å². The van der Waals surface area contributed by atoms with Crippen molar-refractivity contribution in [3.8, 4) is 0 Å². The smallest absolute Gasteiger partial charge is 0.251 e. The van der Waals surface area contributed by atoms with Crippen LogP contribution in [0.15, 0.2) is 48.5 Å². The maximum absolute atomic E-state index is 12.7. The second-order valence-corrected chi connectivity index (χ2v) is 8.87. The summed E-state index contributed by atoms with van der Waals surface area (Å²) in [5.41, 5.74) is 4.74. The quantitative estimate of drug-likeness (QED) is 0.700. The van der Waals surface area contributed by atoms with Crippen LogP contribution in [0, 0.1) is 17.8 Å². The third-order valence-corrected chi connectivity index (χ3v) is 7.32. The molecule has 2 aromatic rings. The lowest BCUT2D eigenvalue weighted by molar-refractivity contribution is 0.0948. The topological polar surface area (TPSA) is 50.4 Å². The minimum Gasteiger partial charge on any atom is -0.385 e. The lowest BCUT2D eigenvalue weighted by Gasteiger charge is -2.43. The van der Waals surface area contributed by atoms with Crippen LogP contribution < -0.4 is 10.6 Å². The molecule has 5 rings (SSSR count). The molecule has 1 aliphatic heterocycles. The van der Waals surface area contributed by atoms with Gasteiger partial charge in [0.1, 0.15) is 0 Å². The first-order chi connectivity index (χ1) is 14.3. The molecule has 2 saturated carbocycles. The Morgan fingerprint density at radius 1 is 1.14 bits per heavy atom. The number of carbonyl (C=O) groups excluding carboxylic acids is 1. The highest BCUT2D eigenvalue weighted by Crippen LogP contribution is 2.63. The zero-order chi connectivity index (χ0) is 19.8. The van der Waals surface area contributed by atoms with Crippen LogP contribution in [0.1, 0.15) is 59.1 Å². The average molecular weight is 391 g/mol. The van der Waals surface area contributed by atoms with Crippen LogP contribution in [-0.2, 0) is 4.74 Å². The first-order valence-corrected chi connectivity index (χ1v) is 11.0. The number of hydrogen-bond acceptors (Lipinski definition) is 3. The molecule has 0 unspecified atom stereocenters. The summed E-state index contributed by atoms with van der Waals surface area (Å²) >= 11 is 0. The predicted molar refractivity (Wildman–Crippen MR) is 115 cm³/mol. The van der Waals surface area contributed by atoms with Crippen LogP contribution in [0.5, 0.6) is 0 Å². The molecule has 2 aliphatic carbocycles. The normalized spacial score (nSPS) is 29.1. The highest BCUT2D eigenvalue weighted by Gasteiger charge is 2.53. The number of anilines is 1. The molecule has 0 saturated heterocycles. The fraction of sp³-hybridized carbons (Fsp3) is 0.480. The Morgan fingerprint density at radius 3 is 2.79 bits per heavy atom. The van der Waals surface area contributed by atoms with Crippen LogP contribution in [0.2, 0.25) is 0 Å². The van der Waals surface area contributed by atoms with Gasteiger partial charge in [-0.1, -0.05) is 30.3 Å². The lowest BCUT2D eigenvalue weighted by Crippen LogP contribution is -2.35. The number of rotatable bonds is 6. The Balaban J connectivity index is 1.44. The van der Waals surface area contributed by atoms with Crippen molar-refractivity contribution in [3.05, 3.63) is 65.2 Å². The molecule has 5 atom stereocenters. The van der Waals surface area contributed by atoms with Gasteiger partial charge >= 0.3 is 0 Å². The zero-order valence-electron chi connectivity index (χ0n) is 17.1. The van der Waals surface area contributed by atoms with Crippen LogP contribution in [-0.4, -0.2) is 26.2 Å². The fourth-order valence-electron chi connectivity index (χ4n) is 6.14. The number of hydrogen-bond donors (Lipinski definition) is 2. The Morgan fingerprint density at radius 2 is 1.97 bits per heavy atom. The molecule has 4 nitrogen and oxygen atoms in total. The molecule has 2 fully saturated rings. The van der Waals surface area contributed by atoms with Crippen molar-refractivity contribution in [1.82, 2.24) is 5.32 Å². The van der Waals surface area contributed by atoms with Crippen LogP contribution >= 0.6 is 0 Å².